The Morgan fingerprint density at radius 1 is 1.38 bits per heavy atom. The first-order valence-corrected chi connectivity index (χ1v) is 4.69. The first-order chi connectivity index (χ1) is 5.77. The van der Waals surface area contributed by atoms with Gasteiger partial charge in [-0.3, -0.25) is 0 Å². The van der Waals surface area contributed by atoms with Gasteiger partial charge in [0.05, 0.1) is 0 Å². The van der Waals surface area contributed by atoms with E-state index < -0.39 is 0 Å². The van der Waals surface area contributed by atoms with Crippen molar-refractivity contribution in [1.82, 2.24) is 0 Å². The molecule has 1 aliphatic rings. The third kappa shape index (κ3) is 2.16. The lowest BCUT2D eigenvalue weighted by Crippen LogP contribution is -2.17. The van der Waals surface area contributed by atoms with Gasteiger partial charge in [-0.2, -0.15) is 0 Å². The SMILES string of the molecule is Cl.N[C@@H]1CCCc2ccc(Cl)cc21. The summed E-state index contributed by atoms with van der Waals surface area (Å²) in [5.41, 5.74) is 8.57. The summed E-state index contributed by atoms with van der Waals surface area (Å²) >= 11 is 5.89. The second kappa shape index (κ2) is 4.32. The molecule has 0 spiro atoms. The molecule has 1 aromatic carbocycles. The lowest BCUT2D eigenvalue weighted by molar-refractivity contribution is 0.570. The Morgan fingerprint density at radius 2 is 2.15 bits per heavy atom. The lowest BCUT2D eigenvalue weighted by Gasteiger charge is -2.21. The molecule has 0 bridgehead atoms. The van der Waals surface area contributed by atoms with Gasteiger partial charge in [0.2, 0.25) is 0 Å². The van der Waals surface area contributed by atoms with Crippen LogP contribution in [0.15, 0.2) is 18.2 Å². The van der Waals surface area contributed by atoms with E-state index in [4.69, 9.17) is 17.3 Å². The van der Waals surface area contributed by atoms with Crippen LogP contribution in [-0.2, 0) is 6.42 Å². The van der Waals surface area contributed by atoms with Gasteiger partial charge < -0.3 is 5.73 Å². The van der Waals surface area contributed by atoms with Crippen molar-refractivity contribution in [3.05, 3.63) is 34.3 Å². The highest BCUT2D eigenvalue weighted by Gasteiger charge is 2.16. The zero-order valence-corrected chi connectivity index (χ0v) is 8.87. The molecular weight excluding hydrogens is 205 g/mol. The molecule has 1 atom stereocenters. The van der Waals surface area contributed by atoms with E-state index in [-0.39, 0.29) is 18.4 Å². The minimum Gasteiger partial charge on any atom is -0.324 e. The minimum absolute atomic E-state index is 0. The molecule has 0 heterocycles. The Kier molecular flexibility index (Phi) is 3.60. The molecule has 1 nitrogen and oxygen atoms in total. The largest absolute Gasteiger partial charge is 0.324 e. The van der Waals surface area contributed by atoms with Gasteiger partial charge in [-0.1, -0.05) is 17.7 Å². The van der Waals surface area contributed by atoms with Crippen molar-refractivity contribution in [2.45, 2.75) is 25.3 Å². The molecule has 2 N–H and O–H groups in total. The van der Waals surface area contributed by atoms with Crippen LogP contribution >= 0.6 is 24.0 Å². The average molecular weight is 218 g/mol. The zero-order valence-electron chi connectivity index (χ0n) is 7.29. The lowest BCUT2D eigenvalue weighted by atomic mass is 9.88. The summed E-state index contributed by atoms with van der Waals surface area (Å²) in [6.07, 6.45) is 3.45. The maximum absolute atomic E-state index is 5.96. The van der Waals surface area contributed by atoms with Gasteiger partial charge in [0.15, 0.2) is 0 Å². The van der Waals surface area contributed by atoms with Crippen LogP contribution in [-0.4, -0.2) is 0 Å². The van der Waals surface area contributed by atoms with Crippen molar-refractivity contribution < 1.29 is 0 Å². The fraction of sp³-hybridized carbons (Fsp3) is 0.400. The molecule has 72 valence electrons. The van der Waals surface area contributed by atoms with Crippen molar-refractivity contribution in [3.8, 4) is 0 Å². The molecule has 0 amide bonds. The monoisotopic (exact) mass is 217 g/mol. The summed E-state index contributed by atoms with van der Waals surface area (Å²) in [7, 11) is 0. The molecular formula is C10H13Cl2N. The molecule has 0 aromatic heterocycles. The molecule has 0 aliphatic heterocycles. The number of hydrogen-bond donors (Lipinski definition) is 1. The van der Waals surface area contributed by atoms with Crippen molar-refractivity contribution >= 4 is 24.0 Å². The third-order valence-corrected chi connectivity index (χ3v) is 2.70. The van der Waals surface area contributed by atoms with Gasteiger partial charge in [-0.25, -0.2) is 0 Å². The summed E-state index contributed by atoms with van der Waals surface area (Å²) < 4.78 is 0. The molecule has 0 unspecified atom stereocenters. The highest BCUT2D eigenvalue weighted by molar-refractivity contribution is 6.30. The van der Waals surface area contributed by atoms with E-state index in [1.807, 2.05) is 12.1 Å². The molecule has 13 heavy (non-hydrogen) atoms. The van der Waals surface area contributed by atoms with Gasteiger partial charge in [-0.05, 0) is 42.5 Å². The Hall–Kier alpha value is -0.240. The predicted octanol–water partition coefficient (Wildman–Crippen LogP) is 3.10. The Labute approximate surface area is 89.7 Å². The summed E-state index contributed by atoms with van der Waals surface area (Å²) in [6.45, 7) is 0. The van der Waals surface area contributed by atoms with Crippen LogP contribution in [0.25, 0.3) is 0 Å². The van der Waals surface area contributed by atoms with Crippen LogP contribution in [0.2, 0.25) is 5.02 Å². The first-order valence-electron chi connectivity index (χ1n) is 4.31. The first kappa shape index (κ1) is 10.8. The van der Waals surface area contributed by atoms with Crippen LogP contribution in [0.3, 0.4) is 0 Å². The summed E-state index contributed by atoms with van der Waals surface area (Å²) in [5, 5.41) is 0.797. The van der Waals surface area contributed by atoms with E-state index in [2.05, 4.69) is 6.07 Å². The molecule has 2 rings (SSSR count). The van der Waals surface area contributed by atoms with Crippen LogP contribution in [0.5, 0.6) is 0 Å². The highest BCUT2D eigenvalue weighted by Crippen LogP contribution is 2.29. The number of benzene rings is 1. The van der Waals surface area contributed by atoms with Gasteiger partial charge in [0.25, 0.3) is 0 Å². The third-order valence-electron chi connectivity index (χ3n) is 2.47. The van der Waals surface area contributed by atoms with E-state index in [1.54, 1.807) is 0 Å². The quantitative estimate of drug-likeness (QED) is 0.711. The number of nitrogens with two attached hydrogens (primary N) is 1. The van der Waals surface area contributed by atoms with Crippen molar-refractivity contribution in [2.75, 3.05) is 0 Å². The van der Waals surface area contributed by atoms with E-state index in [9.17, 15) is 0 Å². The summed E-state index contributed by atoms with van der Waals surface area (Å²) in [4.78, 5) is 0. The minimum atomic E-state index is 0. The molecule has 1 aliphatic carbocycles. The van der Waals surface area contributed by atoms with E-state index in [0.717, 1.165) is 17.9 Å². The summed E-state index contributed by atoms with van der Waals surface area (Å²) in [5.74, 6) is 0. The normalized spacial score (nSPS) is 20.3. The average Bonchev–Trinajstić information content (AvgIpc) is 2.07. The van der Waals surface area contributed by atoms with E-state index in [1.165, 1.54) is 17.5 Å². The number of fused-ring (bicyclic) bond motifs is 1. The Balaban J connectivity index is 0.000000845. The number of hydrogen-bond acceptors (Lipinski definition) is 1. The fourth-order valence-corrected chi connectivity index (χ4v) is 1.99. The number of aryl methyl sites for hydroxylation is 1. The van der Waals surface area contributed by atoms with Crippen LogP contribution in [0.1, 0.15) is 30.0 Å². The number of halogens is 2. The Bertz CT molecular complexity index is 299. The topological polar surface area (TPSA) is 26.0 Å². The van der Waals surface area contributed by atoms with Crippen LogP contribution in [0.4, 0.5) is 0 Å². The molecule has 0 saturated heterocycles. The maximum Gasteiger partial charge on any atom is 0.0409 e. The van der Waals surface area contributed by atoms with Gasteiger partial charge >= 0.3 is 0 Å². The molecule has 1 aromatic rings. The van der Waals surface area contributed by atoms with E-state index in [0.29, 0.717) is 0 Å². The van der Waals surface area contributed by atoms with Crippen molar-refractivity contribution in [1.29, 1.82) is 0 Å². The second-order valence-corrected chi connectivity index (χ2v) is 3.78. The smallest absolute Gasteiger partial charge is 0.0409 e. The standard InChI is InChI=1S/C10H12ClN.ClH/c11-8-5-4-7-2-1-3-10(12)9(7)6-8;/h4-6,10H,1-3,12H2;1H/t10-;/m1./s1. The van der Waals surface area contributed by atoms with Gasteiger partial charge in [0.1, 0.15) is 0 Å². The molecule has 3 heteroatoms. The van der Waals surface area contributed by atoms with Gasteiger partial charge in [-0.15, -0.1) is 12.4 Å². The van der Waals surface area contributed by atoms with Crippen molar-refractivity contribution in [3.63, 3.8) is 0 Å². The van der Waals surface area contributed by atoms with E-state index >= 15 is 0 Å². The van der Waals surface area contributed by atoms with Gasteiger partial charge in [0, 0.05) is 11.1 Å². The fourth-order valence-electron chi connectivity index (χ4n) is 1.81. The Morgan fingerprint density at radius 3 is 2.92 bits per heavy atom. The molecule has 0 fully saturated rings. The van der Waals surface area contributed by atoms with Crippen LogP contribution < -0.4 is 5.73 Å². The summed E-state index contributed by atoms with van der Waals surface area (Å²) in [6, 6.07) is 6.24. The second-order valence-electron chi connectivity index (χ2n) is 3.34. The van der Waals surface area contributed by atoms with Crippen molar-refractivity contribution in [2.24, 2.45) is 5.73 Å². The zero-order chi connectivity index (χ0) is 8.55. The van der Waals surface area contributed by atoms with Crippen LogP contribution in [0, 0.1) is 0 Å². The number of rotatable bonds is 0. The maximum atomic E-state index is 5.96. The molecule has 0 saturated carbocycles. The highest BCUT2D eigenvalue weighted by atomic mass is 35.5. The molecule has 0 radical (unpaired) electrons. The predicted molar refractivity (Wildman–Crippen MR) is 58.6 cm³/mol.